The lowest BCUT2D eigenvalue weighted by atomic mass is 9.95. The molecule has 20 heavy (non-hydrogen) atoms. The molecule has 1 heterocycles. The molecule has 0 amide bonds. The van der Waals surface area contributed by atoms with Gasteiger partial charge in [-0.05, 0) is 43.2 Å². The Bertz CT molecular complexity index is 693. The first-order chi connectivity index (χ1) is 9.79. The van der Waals surface area contributed by atoms with Gasteiger partial charge in [-0.25, -0.2) is 4.98 Å². The molecule has 104 valence electrons. The first-order valence-corrected chi connectivity index (χ1v) is 7.51. The van der Waals surface area contributed by atoms with Crippen LogP contribution in [0.15, 0.2) is 29.1 Å². The van der Waals surface area contributed by atoms with Crippen LogP contribution in [0.3, 0.4) is 0 Å². The van der Waals surface area contributed by atoms with Crippen LogP contribution in [0, 0.1) is 11.8 Å². The third-order valence-corrected chi connectivity index (χ3v) is 4.93. The van der Waals surface area contributed by atoms with Crippen LogP contribution in [0.5, 0.6) is 0 Å². The van der Waals surface area contributed by atoms with Gasteiger partial charge in [-0.3, -0.25) is 4.79 Å². The molecule has 2 aliphatic carbocycles. The highest BCUT2D eigenvalue weighted by Gasteiger charge is 2.39. The van der Waals surface area contributed by atoms with E-state index >= 15 is 0 Å². The van der Waals surface area contributed by atoms with Crippen molar-refractivity contribution in [1.82, 2.24) is 15.3 Å². The van der Waals surface area contributed by atoms with Crippen LogP contribution in [-0.2, 0) is 6.54 Å². The number of H-pyrrole nitrogens is 1. The maximum Gasteiger partial charge on any atom is 0.258 e. The predicted molar refractivity (Wildman–Crippen MR) is 78.4 cm³/mol. The van der Waals surface area contributed by atoms with Crippen molar-refractivity contribution in [3.8, 4) is 0 Å². The first-order valence-electron chi connectivity index (χ1n) is 7.51. The molecule has 1 aromatic heterocycles. The largest absolute Gasteiger partial charge is 0.309 e. The summed E-state index contributed by atoms with van der Waals surface area (Å²) in [6.45, 7) is 0.661. The van der Waals surface area contributed by atoms with Gasteiger partial charge >= 0.3 is 0 Å². The van der Waals surface area contributed by atoms with Crippen LogP contribution < -0.4 is 10.9 Å². The molecule has 4 nitrogen and oxygen atoms in total. The Labute approximate surface area is 117 Å². The van der Waals surface area contributed by atoms with Crippen LogP contribution >= 0.6 is 0 Å². The number of para-hydroxylation sites is 1. The molecule has 2 aromatic rings. The molecule has 2 saturated carbocycles. The average molecular weight is 269 g/mol. The lowest BCUT2D eigenvalue weighted by Crippen LogP contribution is -2.34. The fourth-order valence-corrected chi connectivity index (χ4v) is 3.94. The van der Waals surface area contributed by atoms with Crippen molar-refractivity contribution in [2.45, 2.75) is 38.3 Å². The van der Waals surface area contributed by atoms with Gasteiger partial charge < -0.3 is 10.3 Å². The van der Waals surface area contributed by atoms with E-state index in [1.165, 1.54) is 25.7 Å². The van der Waals surface area contributed by atoms with Crippen LogP contribution in [0.2, 0.25) is 0 Å². The summed E-state index contributed by atoms with van der Waals surface area (Å²) >= 11 is 0. The molecular formula is C16H19N3O. The number of aromatic amines is 1. The second-order valence-electron chi connectivity index (χ2n) is 6.19. The Morgan fingerprint density at radius 1 is 1.25 bits per heavy atom. The van der Waals surface area contributed by atoms with E-state index in [1.807, 2.05) is 24.3 Å². The molecule has 0 aliphatic heterocycles. The van der Waals surface area contributed by atoms with Crippen LogP contribution in [0.4, 0.5) is 0 Å². The summed E-state index contributed by atoms with van der Waals surface area (Å²) in [5, 5.41) is 4.25. The minimum Gasteiger partial charge on any atom is -0.309 e. The van der Waals surface area contributed by atoms with Gasteiger partial charge in [0.25, 0.3) is 5.56 Å². The normalized spacial score (nSPS) is 28.3. The van der Waals surface area contributed by atoms with E-state index in [4.69, 9.17) is 0 Å². The average Bonchev–Trinajstić information content (AvgIpc) is 3.08. The Morgan fingerprint density at radius 2 is 2.15 bits per heavy atom. The summed E-state index contributed by atoms with van der Waals surface area (Å²) in [6.07, 6.45) is 5.46. The van der Waals surface area contributed by atoms with Crippen LogP contribution in [-0.4, -0.2) is 16.0 Å². The second-order valence-corrected chi connectivity index (χ2v) is 6.19. The molecule has 2 N–H and O–H groups in total. The van der Waals surface area contributed by atoms with Crippen LogP contribution in [0.1, 0.15) is 31.5 Å². The van der Waals surface area contributed by atoms with E-state index < -0.39 is 0 Å². The Hall–Kier alpha value is -1.68. The molecule has 1 aromatic carbocycles. The third kappa shape index (κ3) is 2.04. The maximum absolute atomic E-state index is 12.0. The molecule has 0 radical (unpaired) electrons. The van der Waals surface area contributed by atoms with E-state index in [0.29, 0.717) is 18.0 Å². The van der Waals surface area contributed by atoms with E-state index in [9.17, 15) is 4.79 Å². The summed E-state index contributed by atoms with van der Waals surface area (Å²) in [7, 11) is 0. The molecule has 2 fully saturated rings. The minimum atomic E-state index is -0.0413. The third-order valence-electron chi connectivity index (χ3n) is 4.93. The number of hydrogen-bond donors (Lipinski definition) is 2. The number of fused-ring (bicyclic) bond motifs is 3. The number of nitrogens with one attached hydrogen (secondary N) is 2. The van der Waals surface area contributed by atoms with Crippen molar-refractivity contribution in [3.63, 3.8) is 0 Å². The number of nitrogens with zero attached hydrogens (tertiary/aromatic N) is 1. The van der Waals surface area contributed by atoms with E-state index in [2.05, 4.69) is 15.3 Å². The first kappa shape index (κ1) is 12.1. The topological polar surface area (TPSA) is 57.8 Å². The molecule has 0 spiro atoms. The van der Waals surface area contributed by atoms with Crippen LogP contribution in [0.25, 0.3) is 10.9 Å². The standard InChI is InChI=1S/C16H19N3O/c20-16-12-3-1-2-4-13(12)18-15(19-16)9-17-14-8-10-5-6-11(14)7-10/h1-4,10-11,14,17H,5-9H2,(H,18,19,20). The Balaban J connectivity index is 1.53. The summed E-state index contributed by atoms with van der Waals surface area (Å²) in [4.78, 5) is 19.4. The maximum atomic E-state index is 12.0. The van der Waals surface area contributed by atoms with Crippen molar-refractivity contribution < 1.29 is 0 Å². The van der Waals surface area contributed by atoms with Gasteiger partial charge in [-0.1, -0.05) is 18.6 Å². The fourth-order valence-electron chi connectivity index (χ4n) is 3.94. The summed E-state index contributed by atoms with van der Waals surface area (Å²) in [5.74, 6) is 2.52. The zero-order valence-electron chi connectivity index (χ0n) is 11.4. The zero-order valence-corrected chi connectivity index (χ0v) is 11.4. The molecule has 3 unspecified atom stereocenters. The van der Waals surface area contributed by atoms with Gasteiger partial charge in [0.1, 0.15) is 5.82 Å². The van der Waals surface area contributed by atoms with Gasteiger partial charge in [0.15, 0.2) is 0 Å². The highest BCUT2D eigenvalue weighted by Crippen LogP contribution is 2.44. The number of hydrogen-bond acceptors (Lipinski definition) is 3. The molecule has 3 atom stereocenters. The Morgan fingerprint density at radius 3 is 2.95 bits per heavy atom. The lowest BCUT2D eigenvalue weighted by Gasteiger charge is -2.22. The minimum absolute atomic E-state index is 0.0413. The zero-order chi connectivity index (χ0) is 13.5. The number of rotatable bonds is 3. The molecule has 0 saturated heterocycles. The van der Waals surface area contributed by atoms with Crippen molar-refractivity contribution in [3.05, 3.63) is 40.4 Å². The van der Waals surface area contributed by atoms with Gasteiger partial charge in [0.05, 0.1) is 17.4 Å². The van der Waals surface area contributed by atoms with Crippen molar-refractivity contribution in [1.29, 1.82) is 0 Å². The smallest absolute Gasteiger partial charge is 0.258 e. The van der Waals surface area contributed by atoms with Crippen molar-refractivity contribution in [2.24, 2.45) is 11.8 Å². The molecule has 4 rings (SSSR count). The summed E-state index contributed by atoms with van der Waals surface area (Å²) in [6, 6.07) is 8.11. The highest BCUT2D eigenvalue weighted by molar-refractivity contribution is 5.77. The fraction of sp³-hybridized carbons (Fsp3) is 0.500. The molecule has 2 bridgehead atoms. The van der Waals surface area contributed by atoms with Crippen molar-refractivity contribution >= 4 is 10.9 Å². The summed E-state index contributed by atoms with van der Waals surface area (Å²) in [5.41, 5.74) is 0.737. The monoisotopic (exact) mass is 269 g/mol. The predicted octanol–water partition coefficient (Wildman–Crippen LogP) is 2.20. The van der Waals surface area contributed by atoms with Gasteiger partial charge in [0, 0.05) is 6.04 Å². The Kier molecular flexibility index (Phi) is 2.84. The lowest BCUT2D eigenvalue weighted by molar-refractivity contribution is 0.348. The highest BCUT2D eigenvalue weighted by atomic mass is 16.1. The SMILES string of the molecule is O=c1[nH]c(CNC2CC3CCC2C3)nc2ccccc12. The quantitative estimate of drug-likeness (QED) is 0.898. The van der Waals surface area contributed by atoms with Crippen molar-refractivity contribution in [2.75, 3.05) is 0 Å². The molecule has 4 heteroatoms. The molecule has 2 aliphatic rings. The van der Waals surface area contributed by atoms with Gasteiger partial charge in [-0.15, -0.1) is 0 Å². The van der Waals surface area contributed by atoms with E-state index in [-0.39, 0.29) is 5.56 Å². The number of aromatic nitrogens is 2. The van der Waals surface area contributed by atoms with Gasteiger partial charge in [0.2, 0.25) is 0 Å². The van der Waals surface area contributed by atoms with E-state index in [1.54, 1.807) is 0 Å². The number of benzene rings is 1. The second kappa shape index (κ2) is 4.70. The molecular weight excluding hydrogens is 250 g/mol. The van der Waals surface area contributed by atoms with E-state index in [0.717, 1.165) is 23.2 Å². The van der Waals surface area contributed by atoms with Gasteiger partial charge in [-0.2, -0.15) is 0 Å². The summed E-state index contributed by atoms with van der Waals surface area (Å²) < 4.78 is 0.